The Labute approximate surface area is 260 Å². The Morgan fingerprint density at radius 2 is 1.39 bits per heavy atom. The number of hydrogen-bond donors (Lipinski definition) is 8. The quantitative estimate of drug-likeness (QED) is 0.0957. The number of carbonyl (C=O) groups excluding carboxylic acids is 2. The number of aromatic nitrogens is 4. The van der Waals surface area contributed by atoms with Crippen LogP contribution in [0.2, 0.25) is 0 Å². The highest BCUT2D eigenvalue weighted by Gasteiger charge is 2.52. The SMILES string of the molecule is Nc1nc(=O)n(C(=O)C(F)(F)[C@H](O)[C@H](O)CO)cc1C=CCl.O=C(n1cc(C=CI)c(=O)[nH]c1=O)C(F)(F)[C@H](O)[C@H](O)CO. The van der Waals surface area contributed by atoms with Crippen LogP contribution in [-0.4, -0.2) is 111 Å². The van der Waals surface area contributed by atoms with Crippen molar-refractivity contribution in [1.82, 2.24) is 19.1 Å². The van der Waals surface area contributed by atoms with Crippen molar-refractivity contribution in [3.63, 3.8) is 0 Å². The van der Waals surface area contributed by atoms with E-state index < -0.39 is 78.2 Å². The van der Waals surface area contributed by atoms with Gasteiger partial charge in [-0.1, -0.05) is 34.2 Å². The number of rotatable bonds is 10. The van der Waals surface area contributed by atoms with Gasteiger partial charge in [0, 0.05) is 23.5 Å². The van der Waals surface area contributed by atoms with Gasteiger partial charge in [-0.15, -0.1) is 0 Å². The van der Waals surface area contributed by atoms with Gasteiger partial charge in [-0.05, 0) is 16.2 Å². The molecule has 0 radical (unpaired) electrons. The van der Waals surface area contributed by atoms with E-state index in [4.69, 9.17) is 37.8 Å². The maximum absolute atomic E-state index is 13.8. The van der Waals surface area contributed by atoms with Gasteiger partial charge in [0.05, 0.1) is 18.8 Å². The third-order valence-electron chi connectivity index (χ3n) is 5.29. The van der Waals surface area contributed by atoms with Crippen molar-refractivity contribution in [2.45, 2.75) is 36.3 Å². The van der Waals surface area contributed by atoms with Crippen molar-refractivity contribution in [1.29, 1.82) is 0 Å². The monoisotopic (exact) mass is 771 g/mol. The minimum Gasteiger partial charge on any atom is -0.394 e. The minimum absolute atomic E-state index is 0.0735. The number of halogens is 6. The number of anilines is 1. The first-order valence-corrected chi connectivity index (χ1v) is 13.1. The van der Waals surface area contributed by atoms with E-state index in [2.05, 4.69) is 4.98 Å². The van der Waals surface area contributed by atoms with Gasteiger partial charge in [0.15, 0.2) is 12.2 Å². The lowest BCUT2D eigenvalue weighted by atomic mass is 10.1. The first kappa shape index (κ1) is 38.7. The second-order valence-electron chi connectivity index (χ2n) is 8.28. The number of hydrogen-bond acceptors (Lipinski definition) is 13. The number of alkyl halides is 4. The first-order valence-electron chi connectivity index (χ1n) is 11.4. The van der Waals surface area contributed by atoms with E-state index in [1.54, 1.807) is 27.6 Å². The summed E-state index contributed by atoms with van der Waals surface area (Å²) in [5.74, 6) is -13.8. The molecule has 0 aliphatic heterocycles. The Bertz CT molecular complexity index is 1580. The van der Waals surface area contributed by atoms with Crippen LogP contribution in [0, 0.1) is 0 Å². The Hall–Kier alpha value is -3.32. The highest BCUT2D eigenvalue weighted by atomic mass is 127. The second kappa shape index (κ2) is 16.1. The first-order chi connectivity index (χ1) is 20.3. The molecule has 0 saturated heterocycles. The van der Waals surface area contributed by atoms with Crippen molar-refractivity contribution < 1.29 is 57.8 Å². The smallest absolute Gasteiger partial charge is 0.356 e. The Kier molecular flexibility index (Phi) is 14.2. The van der Waals surface area contributed by atoms with Crippen LogP contribution in [0.25, 0.3) is 12.2 Å². The van der Waals surface area contributed by atoms with Gasteiger partial charge in [-0.2, -0.15) is 22.5 Å². The maximum Gasteiger partial charge on any atom is 0.356 e. The molecule has 2 aromatic rings. The van der Waals surface area contributed by atoms with Gasteiger partial charge in [-0.25, -0.2) is 18.7 Å². The molecule has 0 saturated carbocycles. The van der Waals surface area contributed by atoms with Crippen LogP contribution in [0.1, 0.15) is 20.7 Å². The minimum atomic E-state index is -4.56. The molecule has 44 heavy (non-hydrogen) atoms. The van der Waals surface area contributed by atoms with Gasteiger partial charge in [0.1, 0.15) is 18.0 Å². The summed E-state index contributed by atoms with van der Waals surface area (Å²) in [7, 11) is 0. The van der Waals surface area contributed by atoms with Crippen LogP contribution in [0.15, 0.2) is 36.4 Å². The lowest BCUT2D eigenvalue weighted by Crippen LogP contribution is -2.53. The molecule has 22 heteroatoms. The summed E-state index contributed by atoms with van der Waals surface area (Å²) in [6, 6.07) is 0. The summed E-state index contributed by atoms with van der Waals surface area (Å²) in [5, 5.41) is 53.6. The molecule has 0 aliphatic rings. The fourth-order valence-electron chi connectivity index (χ4n) is 2.90. The topological polar surface area (TPSA) is 271 Å². The van der Waals surface area contributed by atoms with E-state index in [-0.39, 0.29) is 26.1 Å². The van der Waals surface area contributed by atoms with Gasteiger partial charge in [0.25, 0.3) is 5.56 Å². The Balaban J connectivity index is 0.000000440. The van der Waals surface area contributed by atoms with E-state index in [0.29, 0.717) is 12.4 Å². The maximum atomic E-state index is 13.8. The predicted octanol–water partition coefficient (Wildman–Crippen LogP) is -2.04. The average molecular weight is 772 g/mol. The second-order valence-corrected chi connectivity index (χ2v) is 9.25. The largest absolute Gasteiger partial charge is 0.394 e. The molecule has 2 aromatic heterocycles. The number of nitrogens with two attached hydrogens (primary N) is 1. The van der Waals surface area contributed by atoms with Crippen LogP contribution in [0.5, 0.6) is 0 Å². The molecular weight excluding hydrogens is 749 g/mol. The molecule has 2 heterocycles. The number of aliphatic hydroxyl groups excluding tert-OH is 6. The van der Waals surface area contributed by atoms with Crippen LogP contribution in [-0.2, 0) is 0 Å². The zero-order chi connectivity index (χ0) is 34.2. The third kappa shape index (κ3) is 8.87. The standard InChI is InChI=1S/C11H12ClF2N3O5.C11H11F2IN2O6/c12-2-1-5-3-17(10(22)16-8(5)15)9(21)11(13,14)7(20)6(19)4-18;12-11(13,7(19)6(18)4-17)9(21)16-3-5(1-2-14)8(20)15-10(16)22/h1-3,6-7,18-20H,4H2,(H2,15,16,22);1-3,6-7,17-19H,4H2,(H,15,20,22)/t2*6-,7-/m11/s1. The van der Waals surface area contributed by atoms with Crippen molar-refractivity contribution in [2.75, 3.05) is 18.9 Å². The molecule has 4 atom stereocenters. The summed E-state index contributed by atoms with van der Waals surface area (Å²) >= 11 is 7.03. The van der Waals surface area contributed by atoms with Crippen molar-refractivity contribution in [3.05, 3.63) is 64.5 Å². The molecule has 0 bridgehead atoms. The summed E-state index contributed by atoms with van der Waals surface area (Å²) in [6.45, 7) is -2.42. The number of aliphatic hydroxyl groups is 6. The molecule has 0 spiro atoms. The predicted molar refractivity (Wildman–Crippen MR) is 152 cm³/mol. The molecule has 16 nitrogen and oxygen atoms in total. The van der Waals surface area contributed by atoms with Crippen LogP contribution in [0.3, 0.4) is 0 Å². The molecule has 0 amide bonds. The number of aromatic amines is 1. The lowest BCUT2D eigenvalue weighted by Gasteiger charge is -2.24. The van der Waals surface area contributed by atoms with Crippen LogP contribution < -0.4 is 22.7 Å². The molecule has 0 fully saturated rings. The molecule has 2 rings (SSSR count). The Morgan fingerprint density at radius 3 is 1.82 bits per heavy atom. The highest BCUT2D eigenvalue weighted by Crippen LogP contribution is 2.24. The van der Waals surface area contributed by atoms with E-state index in [0.717, 1.165) is 11.6 Å². The van der Waals surface area contributed by atoms with Crippen molar-refractivity contribution in [3.8, 4) is 0 Å². The average Bonchev–Trinajstić information content (AvgIpc) is 2.97. The molecule has 0 unspecified atom stereocenters. The van der Waals surface area contributed by atoms with Gasteiger partial charge < -0.3 is 36.4 Å². The zero-order valence-corrected chi connectivity index (χ0v) is 24.5. The van der Waals surface area contributed by atoms with E-state index in [9.17, 15) is 51.7 Å². The van der Waals surface area contributed by atoms with Crippen LogP contribution in [0.4, 0.5) is 23.4 Å². The molecule has 9 N–H and O–H groups in total. The van der Waals surface area contributed by atoms with Gasteiger partial charge in [-0.3, -0.25) is 19.4 Å². The Morgan fingerprint density at radius 1 is 0.932 bits per heavy atom. The highest BCUT2D eigenvalue weighted by molar-refractivity contribution is 14.1. The summed E-state index contributed by atoms with van der Waals surface area (Å²) in [5.41, 5.74) is 2.27. The van der Waals surface area contributed by atoms with Crippen LogP contribution >= 0.6 is 34.2 Å². The normalized spacial score (nSPS) is 15.0. The molecule has 0 aromatic carbocycles. The number of nitrogen functional groups attached to an aromatic ring is 1. The van der Waals surface area contributed by atoms with Crippen molar-refractivity contribution >= 4 is 64.0 Å². The van der Waals surface area contributed by atoms with Crippen molar-refractivity contribution in [2.24, 2.45) is 0 Å². The van der Waals surface area contributed by atoms with E-state index in [1.165, 1.54) is 10.2 Å². The fraction of sp³-hybridized carbons (Fsp3) is 0.364. The van der Waals surface area contributed by atoms with E-state index >= 15 is 0 Å². The molecular formula is C22H23ClF4IN5O11. The van der Waals surface area contributed by atoms with E-state index in [1.807, 2.05) is 0 Å². The zero-order valence-electron chi connectivity index (χ0n) is 21.6. The third-order valence-corrected chi connectivity index (χ3v) is 5.78. The number of carbonyl (C=O) groups is 2. The number of nitrogens with zero attached hydrogens (tertiary/aromatic N) is 3. The number of H-pyrrole nitrogens is 1. The molecule has 244 valence electrons. The summed E-state index contributed by atoms with van der Waals surface area (Å²) in [4.78, 5) is 62.7. The number of nitrogens with one attached hydrogen (secondary N) is 1. The molecule has 0 aliphatic carbocycles. The van der Waals surface area contributed by atoms with Gasteiger partial charge >= 0.3 is 35.0 Å². The fourth-order valence-corrected chi connectivity index (χ4v) is 3.43. The van der Waals surface area contributed by atoms with Gasteiger partial charge in [0.2, 0.25) is 0 Å². The lowest BCUT2D eigenvalue weighted by molar-refractivity contribution is -0.136. The summed E-state index contributed by atoms with van der Waals surface area (Å²) in [6.07, 6.45) is -6.88. The summed E-state index contributed by atoms with van der Waals surface area (Å²) < 4.78 is 56.4.